The normalized spacial score (nSPS) is 10.1. The van der Waals surface area contributed by atoms with Gasteiger partial charge in [-0.15, -0.1) is 0 Å². The van der Waals surface area contributed by atoms with Crippen molar-refractivity contribution in [3.05, 3.63) is 65.7 Å². The number of hydrogen-bond acceptors (Lipinski definition) is 2. The van der Waals surface area contributed by atoms with Crippen molar-refractivity contribution in [1.82, 2.24) is 10.2 Å². The zero-order valence-electron chi connectivity index (χ0n) is 11.5. The zero-order chi connectivity index (χ0) is 14.4. The Hall–Kier alpha value is -2.49. The van der Waals surface area contributed by atoms with Gasteiger partial charge in [-0.3, -0.25) is 0 Å². The number of nitrogens with zero attached hydrogens (tertiary/aromatic N) is 1. The maximum atomic E-state index is 12.0. The second-order valence-corrected chi connectivity index (χ2v) is 4.75. The van der Waals surface area contributed by atoms with Crippen LogP contribution in [-0.4, -0.2) is 18.0 Å². The number of nitrogens with one attached hydrogen (secondary N) is 1. The fourth-order valence-corrected chi connectivity index (χ4v) is 1.95. The van der Waals surface area contributed by atoms with Gasteiger partial charge in [-0.25, -0.2) is 4.79 Å². The summed E-state index contributed by atoms with van der Waals surface area (Å²) in [6.07, 6.45) is 0. The minimum atomic E-state index is -0.101. The van der Waals surface area contributed by atoms with Crippen molar-refractivity contribution >= 4 is 11.7 Å². The Bertz CT molecular complexity index is 569. The number of nitrogen functional groups attached to an aromatic ring is 1. The molecule has 2 rings (SSSR count). The Balaban J connectivity index is 1.86. The van der Waals surface area contributed by atoms with Gasteiger partial charge in [-0.2, -0.15) is 0 Å². The van der Waals surface area contributed by atoms with E-state index in [0.29, 0.717) is 18.8 Å². The molecule has 0 aliphatic carbocycles. The number of amides is 2. The van der Waals surface area contributed by atoms with Gasteiger partial charge in [-0.05, 0) is 23.3 Å². The number of benzene rings is 2. The van der Waals surface area contributed by atoms with Gasteiger partial charge in [0.1, 0.15) is 0 Å². The molecule has 0 unspecified atom stereocenters. The lowest BCUT2D eigenvalue weighted by molar-refractivity contribution is 0.206. The maximum Gasteiger partial charge on any atom is 0.317 e. The monoisotopic (exact) mass is 269 g/mol. The van der Waals surface area contributed by atoms with Crippen molar-refractivity contribution < 1.29 is 4.79 Å². The number of carbonyl (C=O) groups excluding carboxylic acids is 1. The van der Waals surface area contributed by atoms with Crippen molar-refractivity contribution in [2.45, 2.75) is 13.1 Å². The van der Waals surface area contributed by atoms with Crippen LogP contribution in [0, 0.1) is 0 Å². The van der Waals surface area contributed by atoms with Crippen LogP contribution in [-0.2, 0) is 13.1 Å². The molecule has 0 radical (unpaired) electrons. The highest BCUT2D eigenvalue weighted by molar-refractivity contribution is 5.73. The van der Waals surface area contributed by atoms with E-state index >= 15 is 0 Å². The van der Waals surface area contributed by atoms with Gasteiger partial charge in [0.25, 0.3) is 0 Å². The summed E-state index contributed by atoms with van der Waals surface area (Å²) in [5.74, 6) is 0. The second kappa shape index (κ2) is 6.61. The van der Waals surface area contributed by atoms with E-state index in [4.69, 9.17) is 5.73 Å². The molecule has 2 aromatic carbocycles. The van der Waals surface area contributed by atoms with E-state index < -0.39 is 0 Å². The molecule has 2 aromatic rings. The van der Waals surface area contributed by atoms with E-state index in [2.05, 4.69) is 5.32 Å². The molecule has 0 fully saturated rings. The molecular formula is C16H19N3O. The highest BCUT2D eigenvalue weighted by atomic mass is 16.2. The van der Waals surface area contributed by atoms with E-state index in [1.807, 2.05) is 54.6 Å². The summed E-state index contributed by atoms with van der Waals surface area (Å²) in [4.78, 5) is 13.6. The van der Waals surface area contributed by atoms with Gasteiger partial charge >= 0.3 is 6.03 Å². The average molecular weight is 269 g/mol. The highest BCUT2D eigenvalue weighted by Gasteiger charge is 2.08. The minimum Gasteiger partial charge on any atom is -0.399 e. The predicted molar refractivity (Wildman–Crippen MR) is 81.0 cm³/mol. The summed E-state index contributed by atoms with van der Waals surface area (Å²) in [5.41, 5.74) is 8.53. The van der Waals surface area contributed by atoms with Gasteiger partial charge in [-0.1, -0.05) is 42.5 Å². The lowest BCUT2D eigenvalue weighted by Gasteiger charge is -2.18. The van der Waals surface area contributed by atoms with Crippen LogP contribution in [0.15, 0.2) is 54.6 Å². The molecule has 0 aliphatic heterocycles. The number of carbonyl (C=O) groups is 1. The van der Waals surface area contributed by atoms with Crippen molar-refractivity contribution in [2.75, 3.05) is 12.8 Å². The number of nitrogens with two attached hydrogens (primary N) is 1. The molecule has 2 amide bonds. The molecule has 0 spiro atoms. The minimum absolute atomic E-state index is 0.101. The molecule has 0 heterocycles. The van der Waals surface area contributed by atoms with Crippen LogP contribution < -0.4 is 11.1 Å². The van der Waals surface area contributed by atoms with Gasteiger partial charge in [0.2, 0.25) is 0 Å². The number of urea groups is 1. The Morgan fingerprint density at radius 3 is 2.50 bits per heavy atom. The summed E-state index contributed by atoms with van der Waals surface area (Å²) in [6.45, 7) is 1.06. The van der Waals surface area contributed by atoms with Gasteiger partial charge < -0.3 is 16.0 Å². The highest BCUT2D eigenvalue weighted by Crippen LogP contribution is 2.08. The molecule has 104 valence electrons. The van der Waals surface area contributed by atoms with Gasteiger partial charge in [0.05, 0.1) is 0 Å². The lowest BCUT2D eigenvalue weighted by Crippen LogP contribution is -2.36. The third-order valence-corrected chi connectivity index (χ3v) is 3.00. The molecule has 0 atom stereocenters. The molecule has 4 nitrogen and oxygen atoms in total. The summed E-state index contributed by atoms with van der Waals surface area (Å²) >= 11 is 0. The van der Waals surface area contributed by atoms with Crippen LogP contribution in [0.5, 0.6) is 0 Å². The molecule has 4 heteroatoms. The third kappa shape index (κ3) is 4.02. The predicted octanol–water partition coefficient (Wildman–Crippen LogP) is 2.61. The van der Waals surface area contributed by atoms with Crippen LogP contribution >= 0.6 is 0 Å². The first kappa shape index (κ1) is 13.9. The van der Waals surface area contributed by atoms with Crippen molar-refractivity contribution in [2.24, 2.45) is 0 Å². The van der Waals surface area contributed by atoms with Gasteiger partial charge in [0, 0.05) is 25.8 Å². The molecular weight excluding hydrogens is 250 g/mol. The van der Waals surface area contributed by atoms with Crippen LogP contribution in [0.4, 0.5) is 10.5 Å². The Kier molecular flexibility index (Phi) is 4.60. The summed E-state index contributed by atoms with van der Waals surface area (Å²) < 4.78 is 0. The van der Waals surface area contributed by atoms with E-state index in [0.717, 1.165) is 11.1 Å². The fourth-order valence-electron chi connectivity index (χ4n) is 1.95. The Labute approximate surface area is 119 Å². The quantitative estimate of drug-likeness (QED) is 0.838. The molecule has 0 bridgehead atoms. The van der Waals surface area contributed by atoms with E-state index in [9.17, 15) is 4.79 Å². The van der Waals surface area contributed by atoms with Crippen LogP contribution in [0.1, 0.15) is 11.1 Å². The molecule has 20 heavy (non-hydrogen) atoms. The molecule has 0 saturated heterocycles. The van der Waals surface area contributed by atoms with Crippen molar-refractivity contribution in [3.63, 3.8) is 0 Å². The summed E-state index contributed by atoms with van der Waals surface area (Å²) in [7, 11) is 1.77. The largest absolute Gasteiger partial charge is 0.399 e. The number of rotatable bonds is 4. The van der Waals surface area contributed by atoms with Crippen LogP contribution in [0.3, 0.4) is 0 Å². The first-order valence-corrected chi connectivity index (χ1v) is 6.52. The van der Waals surface area contributed by atoms with Crippen LogP contribution in [0.25, 0.3) is 0 Å². The zero-order valence-corrected chi connectivity index (χ0v) is 11.5. The van der Waals surface area contributed by atoms with Gasteiger partial charge in [0.15, 0.2) is 0 Å². The van der Waals surface area contributed by atoms with E-state index in [-0.39, 0.29) is 6.03 Å². The molecule has 3 N–H and O–H groups in total. The summed E-state index contributed by atoms with van der Waals surface area (Å²) in [5, 5.41) is 2.89. The smallest absolute Gasteiger partial charge is 0.317 e. The molecule has 0 aromatic heterocycles. The van der Waals surface area contributed by atoms with Crippen molar-refractivity contribution in [1.29, 1.82) is 0 Å². The first-order chi connectivity index (χ1) is 9.65. The maximum absolute atomic E-state index is 12.0. The average Bonchev–Trinajstić information content (AvgIpc) is 2.46. The first-order valence-electron chi connectivity index (χ1n) is 6.52. The van der Waals surface area contributed by atoms with E-state index in [1.54, 1.807) is 11.9 Å². The van der Waals surface area contributed by atoms with Crippen LogP contribution in [0.2, 0.25) is 0 Å². The fraction of sp³-hybridized carbons (Fsp3) is 0.188. The Morgan fingerprint density at radius 1 is 1.10 bits per heavy atom. The topological polar surface area (TPSA) is 58.4 Å². The molecule has 0 saturated carbocycles. The summed E-state index contributed by atoms with van der Waals surface area (Å²) in [6, 6.07) is 17.3. The lowest BCUT2D eigenvalue weighted by atomic mass is 10.2. The Morgan fingerprint density at radius 2 is 1.80 bits per heavy atom. The molecule has 0 aliphatic rings. The number of anilines is 1. The number of hydrogen-bond donors (Lipinski definition) is 2. The third-order valence-electron chi connectivity index (χ3n) is 3.00. The van der Waals surface area contributed by atoms with Crippen molar-refractivity contribution in [3.8, 4) is 0 Å². The standard InChI is InChI=1S/C16H19N3O/c1-19(12-14-8-5-9-15(17)10-14)16(20)18-11-13-6-3-2-4-7-13/h2-10H,11-12,17H2,1H3,(H,18,20). The SMILES string of the molecule is CN(Cc1cccc(N)c1)C(=O)NCc1ccccc1. The second-order valence-electron chi connectivity index (χ2n) is 4.75. The van der Waals surface area contributed by atoms with E-state index in [1.165, 1.54) is 0 Å².